The van der Waals surface area contributed by atoms with Gasteiger partial charge in [-0.05, 0) is 66.8 Å². The van der Waals surface area contributed by atoms with Crippen LogP contribution < -0.4 is 20.1 Å². The molecule has 190 valence electrons. The molecule has 6 nitrogen and oxygen atoms in total. The van der Waals surface area contributed by atoms with Gasteiger partial charge in [-0.15, -0.1) is 0 Å². The van der Waals surface area contributed by atoms with E-state index < -0.39 is 5.97 Å². The number of carboxylic acid groups (broad SMARTS) is 1. The van der Waals surface area contributed by atoms with Crippen molar-refractivity contribution >= 4 is 23.0 Å². The maximum Gasteiger partial charge on any atom is 0.303 e. The standard InChI is InChI=1S/C29H40N2O4/c1-4-20(17-28(32)33)22-10-12-24(31-29(19(2)3)21-8-6-5-7-9-21)25(16-22)30-23-11-13-26-27(18-23)35-15-14-34-26/h10-13,16,18-21,29-31H,4-9,14-15,17H2,1-3H3,(H,32,33). The average Bonchev–Trinajstić information content (AvgIpc) is 2.86. The number of nitrogens with one attached hydrogen (secondary N) is 2. The minimum absolute atomic E-state index is 0.0263. The number of anilines is 3. The summed E-state index contributed by atoms with van der Waals surface area (Å²) in [6.45, 7) is 7.76. The zero-order chi connectivity index (χ0) is 24.8. The van der Waals surface area contributed by atoms with E-state index in [0.717, 1.165) is 40.5 Å². The van der Waals surface area contributed by atoms with Crippen LogP contribution >= 0.6 is 0 Å². The van der Waals surface area contributed by atoms with Gasteiger partial charge in [-0.3, -0.25) is 4.79 Å². The molecule has 35 heavy (non-hydrogen) atoms. The molecule has 2 aromatic rings. The Morgan fingerprint density at radius 3 is 2.43 bits per heavy atom. The van der Waals surface area contributed by atoms with Gasteiger partial charge in [0, 0.05) is 17.8 Å². The van der Waals surface area contributed by atoms with E-state index in [2.05, 4.69) is 42.7 Å². The highest BCUT2D eigenvalue weighted by atomic mass is 16.6. The SMILES string of the molecule is CCC(CC(=O)O)c1ccc(NC(C(C)C)C2CCCCC2)c(Nc2ccc3c(c2)OCCO3)c1. The summed E-state index contributed by atoms with van der Waals surface area (Å²) in [5.41, 5.74) is 3.97. The number of benzene rings is 2. The van der Waals surface area contributed by atoms with Crippen LogP contribution in [0.3, 0.4) is 0 Å². The lowest BCUT2D eigenvalue weighted by Crippen LogP contribution is -2.35. The molecule has 2 atom stereocenters. The predicted octanol–water partition coefficient (Wildman–Crippen LogP) is 7.19. The Balaban J connectivity index is 1.65. The molecule has 2 unspecified atom stereocenters. The smallest absolute Gasteiger partial charge is 0.303 e. The van der Waals surface area contributed by atoms with Crippen molar-refractivity contribution in [1.29, 1.82) is 0 Å². The van der Waals surface area contributed by atoms with Crippen molar-refractivity contribution in [3.63, 3.8) is 0 Å². The first-order chi connectivity index (χ1) is 16.9. The van der Waals surface area contributed by atoms with Gasteiger partial charge >= 0.3 is 5.97 Å². The molecule has 1 fully saturated rings. The van der Waals surface area contributed by atoms with Crippen molar-refractivity contribution in [2.24, 2.45) is 11.8 Å². The van der Waals surface area contributed by atoms with Gasteiger partial charge in [0.2, 0.25) is 0 Å². The van der Waals surface area contributed by atoms with E-state index in [9.17, 15) is 9.90 Å². The minimum atomic E-state index is -0.766. The highest BCUT2D eigenvalue weighted by molar-refractivity contribution is 5.77. The number of hydrogen-bond donors (Lipinski definition) is 3. The van der Waals surface area contributed by atoms with Crippen molar-refractivity contribution in [3.8, 4) is 11.5 Å². The molecule has 4 rings (SSSR count). The van der Waals surface area contributed by atoms with Crippen LogP contribution in [0.5, 0.6) is 11.5 Å². The third-order valence-electron chi connectivity index (χ3n) is 7.45. The quantitative estimate of drug-likeness (QED) is 0.334. The van der Waals surface area contributed by atoms with E-state index in [4.69, 9.17) is 9.47 Å². The van der Waals surface area contributed by atoms with Gasteiger partial charge in [0.25, 0.3) is 0 Å². The molecule has 1 saturated carbocycles. The van der Waals surface area contributed by atoms with Crippen LogP contribution in [0.1, 0.15) is 77.2 Å². The summed E-state index contributed by atoms with van der Waals surface area (Å²) in [6, 6.07) is 12.6. The fourth-order valence-corrected chi connectivity index (χ4v) is 5.53. The van der Waals surface area contributed by atoms with Crippen molar-refractivity contribution in [2.45, 2.75) is 77.7 Å². The first kappa shape index (κ1) is 25.2. The van der Waals surface area contributed by atoms with Crippen molar-refractivity contribution in [3.05, 3.63) is 42.0 Å². The summed E-state index contributed by atoms with van der Waals surface area (Å²) in [5.74, 6) is 1.89. The van der Waals surface area contributed by atoms with E-state index in [1.807, 2.05) is 25.1 Å². The predicted molar refractivity (Wildman–Crippen MR) is 141 cm³/mol. The molecule has 1 heterocycles. The Morgan fingerprint density at radius 1 is 1.00 bits per heavy atom. The van der Waals surface area contributed by atoms with Crippen LogP contribution in [0.15, 0.2) is 36.4 Å². The molecule has 2 aliphatic rings. The van der Waals surface area contributed by atoms with Gasteiger partial charge in [-0.25, -0.2) is 0 Å². The molecular formula is C29H40N2O4. The molecule has 0 spiro atoms. The molecule has 0 saturated heterocycles. The third-order valence-corrected chi connectivity index (χ3v) is 7.45. The molecule has 0 aromatic heterocycles. The van der Waals surface area contributed by atoms with Crippen LogP contribution in [0, 0.1) is 11.8 Å². The van der Waals surface area contributed by atoms with E-state index in [1.54, 1.807) is 0 Å². The van der Waals surface area contributed by atoms with E-state index in [0.29, 0.717) is 31.1 Å². The number of carbonyl (C=O) groups is 1. The molecule has 0 radical (unpaired) electrons. The molecule has 1 aliphatic carbocycles. The summed E-state index contributed by atoms with van der Waals surface area (Å²) >= 11 is 0. The Kier molecular flexibility index (Phi) is 8.42. The lowest BCUT2D eigenvalue weighted by molar-refractivity contribution is -0.137. The lowest BCUT2D eigenvalue weighted by Gasteiger charge is -2.35. The Bertz CT molecular complexity index is 1000. The van der Waals surface area contributed by atoms with Crippen LogP contribution in [-0.2, 0) is 4.79 Å². The number of ether oxygens (including phenoxy) is 2. The second-order valence-corrected chi connectivity index (χ2v) is 10.3. The van der Waals surface area contributed by atoms with Gasteiger partial charge < -0.3 is 25.2 Å². The zero-order valence-electron chi connectivity index (χ0n) is 21.3. The van der Waals surface area contributed by atoms with E-state index >= 15 is 0 Å². The summed E-state index contributed by atoms with van der Waals surface area (Å²) in [4.78, 5) is 11.5. The lowest BCUT2D eigenvalue weighted by atomic mass is 9.79. The molecule has 3 N–H and O–H groups in total. The Hall–Kier alpha value is -2.89. The molecule has 6 heteroatoms. The average molecular weight is 481 g/mol. The summed E-state index contributed by atoms with van der Waals surface area (Å²) in [5, 5.41) is 16.9. The van der Waals surface area contributed by atoms with Crippen LogP contribution in [-0.4, -0.2) is 30.3 Å². The van der Waals surface area contributed by atoms with Crippen molar-refractivity contribution < 1.29 is 19.4 Å². The van der Waals surface area contributed by atoms with Crippen molar-refractivity contribution in [2.75, 3.05) is 23.8 Å². The largest absolute Gasteiger partial charge is 0.486 e. The number of fused-ring (bicyclic) bond motifs is 1. The van der Waals surface area contributed by atoms with Gasteiger partial charge in [0.1, 0.15) is 13.2 Å². The van der Waals surface area contributed by atoms with E-state index in [1.165, 1.54) is 32.1 Å². The highest BCUT2D eigenvalue weighted by Crippen LogP contribution is 2.38. The third kappa shape index (κ3) is 6.41. The topological polar surface area (TPSA) is 79.8 Å². The van der Waals surface area contributed by atoms with Gasteiger partial charge in [0.15, 0.2) is 11.5 Å². The van der Waals surface area contributed by atoms with Crippen molar-refractivity contribution in [1.82, 2.24) is 0 Å². The first-order valence-corrected chi connectivity index (χ1v) is 13.2. The molecular weight excluding hydrogens is 440 g/mol. The second kappa shape index (κ2) is 11.7. The highest BCUT2D eigenvalue weighted by Gasteiger charge is 2.27. The Morgan fingerprint density at radius 2 is 1.74 bits per heavy atom. The fourth-order valence-electron chi connectivity index (χ4n) is 5.53. The summed E-state index contributed by atoms with van der Waals surface area (Å²) < 4.78 is 11.5. The normalized spacial score (nSPS) is 17.6. The number of rotatable bonds is 10. The number of hydrogen-bond acceptors (Lipinski definition) is 5. The van der Waals surface area contributed by atoms with Crippen LogP contribution in [0.2, 0.25) is 0 Å². The Labute approximate surface area is 209 Å². The maximum atomic E-state index is 11.5. The van der Waals surface area contributed by atoms with E-state index in [-0.39, 0.29) is 12.3 Å². The summed E-state index contributed by atoms with van der Waals surface area (Å²) in [6.07, 6.45) is 7.41. The molecule has 2 aromatic carbocycles. The second-order valence-electron chi connectivity index (χ2n) is 10.3. The van der Waals surface area contributed by atoms with Crippen LogP contribution in [0.4, 0.5) is 17.1 Å². The molecule has 1 aliphatic heterocycles. The first-order valence-electron chi connectivity index (χ1n) is 13.2. The molecule has 0 amide bonds. The monoisotopic (exact) mass is 480 g/mol. The van der Waals surface area contributed by atoms with Gasteiger partial charge in [-0.1, -0.05) is 46.1 Å². The molecule has 0 bridgehead atoms. The summed E-state index contributed by atoms with van der Waals surface area (Å²) in [7, 11) is 0. The number of carboxylic acids is 1. The van der Waals surface area contributed by atoms with Gasteiger partial charge in [0.05, 0.1) is 17.8 Å². The van der Waals surface area contributed by atoms with Crippen LogP contribution in [0.25, 0.3) is 0 Å². The maximum absolute atomic E-state index is 11.5. The zero-order valence-corrected chi connectivity index (χ0v) is 21.3. The number of aliphatic carboxylic acids is 1. The fraction of sp³-hybridized carbons (Fsp3) is 0.552. The minimum Gasteiger partial charge on any atom is -0.486 e. The van der Waals surface area contributed by atoms with Gasteiger partial charge in [-0.2, -0.15) is 0 Å².